The monoisotopic (exact) mass is 378 g/mol. The van der Waals surface area contributed by atoms with Crippen LogP contribution >= 0.6 is 23.1 Å². The molecule has 0 unspecified atom stereocenters. The first-order valence-corrected chi connectivity index (χ1v) is 10.1. The number of carbonyl (C=O) groups is 1. The Hall–Kier alpha value is -1.90. The number of benzene rings is 1. The summed E-state index contributed by atoms with van der Waals surface area (Å²) in [6.07, 6.45) is 1.73. The Morgan fingerprint density at radius 2 is 1.79 bits per heavy atom. The summed E-state index contributed by atoms with van der Waals surface area (Å²) in [5, 5.41) is 2.57. The highest BCUT2D eigenvalue weighted by molar-refractivity contribution is 8.19. The van der Waals surface area contributed by atoms with Crippen molar-refractivity contribution in [3.8, 4) is 0 Å². The van der Waals surface area contributed by atoms with Crippen LogP contribution in [-0.4, -0.2) is 19.5 Å². The summed E-state index contributed by atoms with van der Waals surface area (Å²) >= 11 is 2.59. The zero-order chi connectivity index (χ0) is 17.3. The standard InChI is InChI=1S/C16H14N2O3S3/c1-10-3-7-13(8-4-10)24(20,21)18-16-17-15(19)14(23-16)9-12-6-5-11(2)22-12/h3-9H,1-2H3,(H,17,18,19)/b14-9-. The lowest BCUT2D eigenvalue weighted by atomic mass is 10.2. The molecule has 0 bridgehead atoms. The molecule has 1 saturated heterocycles. The molecule has 1 aromatic carbocycles. The topological polar surface area (TPSA) is 75.6 Å². The van der Waals surface area contributed by atoms with Crippen LogP contribution in [0.25, 0.3) is 6.08 Å². The van der Waals surface area contributed by atoms with Gasteiger partial charge in [-0.1, -0.05) is 17.7 Å². The van der Waals surface area contributed by atoms with E-state index in [-0.39, 0.29) is 16.0 Å². The van der Waals surface area contributed by atoms with Crippen molar-refractivity contribution in [1.29, 1.82) is 0 Å². The van der Waals surface area contributed by atoms with Gasteiger partial charge in [-0.2, -0.15) is 8.42 Å². The molecule has 2 aromatic rings. The molecule has 3 rings (SSSR count). The van der Waals surface area contributed by atoms with Gasteiger partial charge in [0.15, 0.2) is 5.17 Å². The van der Waals surface area contributed by atoms with E-state index in [9.17, 15) is 13.2 Å². The van der Waals surface area contributed by atoms with Gasteiger partial charge in [0.25, 0.3) is 15.9 Å². The SMILES string of the molecule is Cc1ccc(S(=O)(=O)/N=C2/NC(=O)/C(=C/c3ccc(C)s3)S2)cc1. The highest BCUT2D eigenvalue weighted by atomic mass is 32.2. The fourth-order valence-electron chi connectivity index (χ4n) is 2.00. The highest BCUT2D eigenvalue weighted by Gasteiger charge is 2.26. The Labute approximate surface area is 148 Å². The second kappa shape index (κ2) is 6.54. The molecule has 1 N–H and O–H groups in total. The van der Waals surface area contributed by atoms with E-state index in [1.54, 1.807) is 29.5 Å². The van der Waals surface area contributed by atoms with E-state index in [4.69, 9.17) is 0 Å². The summed E-state index contributed by atoms with van der Waals surface area (Å²) in [5.41, 5.74) is 0.960. The largest absolute Gasteiger partial charge is 0.300 e. The van der Waals surface area contributed by atoms with Crippen LogP contribution in [0.5, 0.6) is 0 Å². The van der Waals surface area contributed by atoms with Crippen LogP contribution < -0.4 is 5.32 Å². The number of nitrogens with one attached hydrogen (secondary N) is 1. The number of carbonyl (C=O) groups excluding carboxylic acids is 1. The molecular formula is C16H14N2O3S3. The summed E-state index contributed by atoms with van der Waals surface area (Å²) in [6.45, 7) is 3.86. The van der Waals surface area contributed by atoms with Crippen molar-refractivity contribution < 1.29 is 13.2 Å². The smallest absolute Gasteiger partial charge is 0.284 e. The molecule has 0 aliphatic carbocycles. The van der Waals surface area contributed by atoms with E-state index in [1.165, 1.54) is 12.1 Å². The molecule has 2 heterocycles. The van der Waals surface area contributed by atoms with Crippen LogP contribution in [0.2, 0.25) is 0 Å². The maximum absolute atomic E-state index is 12.3. The molecule has 1 fully saturated rings. The third kappa shape index (κ3) is 3.77. The van der Waals surface area contributed by atoms with Crippen molar-refractivity contribution in [3.63, 3.8) is 0 Å². The van der Waals surface area contributed by atoms with Gasteiger partial charge in [0.1, 0.15) is 0 Å². The Morgan fingerprint density at radius 3 is 2.42 bits per heavy atom. The van der Waals surface area contributed by atoms with E-state index < -0.39 is 10.0 Å². The molecular weight excluding hydrogens is 364 g/mol. The minimum absolute atomic E-state index is 0.0695. The Morgan fingerprint density at radius 1 is 1.08 bits per heavy atom. The number of sulfonamides is 1. The van der Waals surface area contributed by atoms with Gasteiger partial charge in [0.2, 0.25) is 0 Å². The average molecular weight is 379 g/mol. The maximum Gasteiger partial charge on any atom is 0.284 e. The van der Waals surface area contributed by atoms with Gasteiger partial charge in [0, 0.05) is 9.75 Å². The van der Waals surface area contributed by atoms with Gasteiger partial charge in [-0.15, -0.1) is 15.7 Å². The van der Waals surface area contributed by atoms with Crippen LogP contribution in [0.3, 0.4) is 0 Å². The first-order valence-electron chi connectivity index (χ1n) is 7.02. The predicted molar refractivity (Wildman–Crippen MR) is 98.6 cm³/mol. The second-order valence-electron chi connectivity index (χ2n) is 5.20. The number of rotatable bonds is 3. The summed E-state index contributed by atoms with van der Waals surface area (Å²) in [6, 6.07) is 10.3. The molecule has 0 atom stereocenters. The van der Waals surface area contributed by atoms with Crippen molar-refractivity contribution in [2.24, 2.45) is 4.40 Å². The van der Waals surface area contributed by atoms with Gasteiger partial charge in [-0.3, -0.25) is 10.1 Å². The van der Waals surface area contributed by atoms with Crippen LogP contribution in [0.4, 0.5) is 0 Å². The van der Waals surface area contributed by atoms with Crippen molar-refractivity contribution in [3.05, 3.63) is 56.6 Å². The summed E-state index contributed by atoms with van der Waals surface area (Å²) in [5.74, 6) is -0.344. The lowest BCUT2D eigenvalue weighted by Crippen LogP contribution is -2.20. The molecule has 0 radical (unpaired) electrons. The first-order chi connectivity index (χ1) is 11.3. The Bertz CT molecular complexity index is 955. The number of aryl methyl sites for hydroxylation is 2. The van der Waals surface area contributed by atoms with E-state index in [0.717, 1.165) is 27.1 Å². The third-order valence-electron chi connectivity index (χ3n) is 3.21. The number of thiophene rings is 1. The predicted octanol–water partition coefficient (Wildman–Crippen LogP) is 3.31. The van der Waals surface area contributed by atoms with Crippen molar-refractivity contribution in [1.82, 2.24) is 5.32 Å². The molecule has 1 aliphatic rings. The van der Waals surface area contributed by atoms with Gasteiger partial charge in [0.05, 0.1) is 9.80 Å². The number of amidine groups is 1. The molecule has 1 amide bonds. The molecule has 1 aromatic heterocycles. The fourth-order valence-corrected chi connectivity index (χ4v) is 4.87. The maximum atomic E-state index is 12.3. The molecule has 0 spiro atoms. The number of nitrogens with zero attached hydrogens (tertiary/aromatic N) is 1. The van der Waals surface area contributed by atoms with Crippen molar-refractivity contribution >= 4 is 50.3 Å². The highest BCUT2D eigenvalue weighted by Crippen LogP contribution is 2.29. The first kappa shape index (κ1) is 16.9. The average Bonchev–Trinajstić information content (AvgIpc) is 3.05. The van der Waals surface area contributed by atoms with Gasteiger partial charge >= 0.3 is 0 Å². The zero-order valence-corrected chi connectivity index (χ0v) is 15.4. The normalized spacial score (nSPS) is 18.3. The summed E-state index contributed by atoms with van der Waals surface area (Å²) < 4.78 is 28.3. The zero-order valence-electron chi connectivity index (χ0n) is 12.9. The number of thioether (sulfide) groups is 1. The second-order valence-corrected chi connectivity index (χ2v) is 9.15. The molecule has 24 heavy (non-hydrogen) atoms. The third-order valence-corrected chi connectivity index (χ3v) is 6.47. The summed E-state index contributed by atoms with van der Waals surface area (Å²) in [7, 11) is -3.85. The molecule has 124 valence electrons. The van der Waals surface area contributed by atoms with Crippen LogP contribution in [-0.2, 0) is 14.8 Å². The number of hydrogen-bond donors (Lipinski definition) is 1. The molecule has 8 heteroatoms. The minimum atomic E-state index is -3.85. The lowest BCUT2D eigenvalue weighted by Gasteiger charge is -2.00. The van der Waals surface area contributed by atoms with Crippen molar-refractivity contribution in [2.75, 3.05) is 0 Å². The van der Waals surface area contributed by atoms with Gasteiger partial charge in [-0.05, 0) is 56.0 Å². The fraction of sp³-hybridized carbons (Fsp3) is 0.125. The van der Waals surface area contributed by atoms with Crippen LogP contribution in [0, 0.1) is 13.8 Å². The van der Waals surface area contributed by atoms with E-state index >= 15 is 0 Å². The minimum Gasteiger partial charge on any atom is -0.300 e. The Kier molecular flexibility index (Phi) is 4.62. The van der Waals surface area contributed by atoms with E-state index in [2.05, 4.69) is 9.71 Å². The van der Waals surface area contributed by atoms with Crippen LogP contribution in [0.1, 0.15) is 15.3 Å². The lowest BCUT2D eigenvalue weighted by molar-refractivity contribution is -0.115. The molecule has 1 aliphatic heterocycles. The van der Waals surface area contributed by atoms with Gasteiger partial charge < -0.3 is 0 Å². The molecule has 0 saturated carbocycles. The van der Waals surface area contributed by atoms with E-state index in [1.807, 2.05) is 26.0 Å². The van der Waals surface area contributed by atoms with Crippen molar-refractivity contribution in [2.45, 2.75) is 18.7 Å². The molecule has 5 nitrogen and oxygen atoms in total. The van der Waals surface area contributed by atoms with E-state index in [0.29, 0.717) is 4.91 Å². The Balaban J connectivity index is 1.86. The van der Waals surface area contributed by atoms with Gasteiger partial charge in [-0.25, -0.2) is 0 Å². The quantitative estimate of drug-likeness (QED) is 0.832. The van der Waals surface area contributed by atoms with Crippen LogP contribution in [0.15, 0.2) is 50.6 Å². The number of amides is 1. The number of hydrogen-bond acceptors (Lipinski definition) is 5. The summed E-state index contributed by atoms with van der Waals surface area (Å²) in [4.78, 5) is 14.6.